The molecule has 1 saturated heterocycles. The van der Waals surface area contributed by atoms with Crippen LogP contribution in [0.2, 0.25) is 0 Å². The van der Waals surface area contributed by atoms with Gasteiger partial charge >= 0.3 is 11.9 Å². The Morgan fingerprint density at radius 3 is 2.41 bits per heavy atom. The summed E-state index contributed by atoms with van der Waals surface area (Å²) in [6.45, 7) is 0. The lowest BCUT2D eigenvalue weighted by Gasteiger charge is -2.28. The molecule has 17 heavy (non-hydrogen) atoms. The Labute approximate surface area is 104 Å². The van der Waals surface area contributed by atoms with Gasteiger partial charge in [-0.3, -0.25) is 14.5 Å². The van der Waals surface area contributed by atoms with Gasteiger partial charge in [0.05, 0.1) is 20.1 Å². The van der Waals surface area contributed by atoms with Gasteiger partial charge in [-0.1, -0.05) is 23.8 Å². The van der Waals surface area contributed by atoms with Gasteiger partial charge in [-0.15, -0.1) is 0 Å². The fraction of sp³-hybridized carbons (Fsp3) is 0.636. The Balaban J connectivity index is 2.42. The first-order valence-electron chi connectivity index (χ1n) is 5.24. The highest BCUT2D eigenvalue weighted by molar-refractivity contribution is 6.27. The number of likely N-dealkylation sites (N-methyl/N-ethyl adjacent to an activating group) is 1. The molecule has 2 rings (SSSR count). The Hall–Kier alpha value is -1.07. The average molecular weight is 260 g/mol. The minimum absolute atomic E-state index is 0.218. The number of fused-ring (bicyclic) bond motifs is 2. The summed E-state index contributed by atoms with van der Waals surface area (Å²) in [5.74, 6) is -2.28. The van der Waals surface area contributed by atoms with E-state index in [4.69, 9.17) is 21.1 Å². The lowest BCUT2D eigenvalue weighted by molar-refractivity contribution is -0.156. The summed E-state index contributed by atoms with van der Waals surface area (Å²) < 4.78 is 9.47. The zero-order valence-electron chi connectivity index (χ0n) is 9.84. The number of halogens is 1. The van der Waals surface area contributed by atoms with Gasteiger partial charge in [0, 0.05) is 6.04 Å². The van der Waals surface area contributed by atoms with E-state index in [1.807, 2.05) is 6.08 Å². The average Bonchev–Trinajstić information content (AvgIpc) is 2.73. The number of carbonyl (C=O) groups is 2. The summed E-state index contributed by atoms with van der Waals surface area (Å²) in [6.07, 6.45) is 3.56. The van der Waals surface area contributed by atoms with Crippen LogP contribution in [0.4, 0.5) is 0 Å². The molecule has 0 spiro atoms. The van der Waals surface area contributed by atoms with Crippen LogP contribution in [-0.2, 0) is 19.1 Å². The van der Waals surface area contributed by atoms with E-state index in [0.29, 0.717) is 0 Å². The van der Waals surface area contributed by atoms with Gasteiger partial charge in [0.15, 0.2) is 0 Å². The van der Waals surface area contributed by atoms with E-state index in [1.165, 1.54) is 14.2 Å². The second-order valence-electron chi connectivity index (χ2n) is 4.24. The van der Waals surface area contributed by atoms with Crippen molar-refractivity contribution in [3.63, 3.8) is 0 Å². The Bertz CT molecular complexity index is 397. The summed E-state index contributed by atoms with van der Waals surface area (Å²) >= 11 is 6.41. The van der Waals surface area contributed by atoms with Crippen LogP contribution in [0.25, 0.3) is 0 Å². The molecule has 4 atom stereocenters. The number of methoxy groups -OCH3 is 2. The smallest absolute Gasteiger partial charge is 0.313 e. The summed E-state index contributed by atoms with van der Waals surface area (Å²) in [7, 11) is 4.36. The van der Waals surface area contributed by atoms with E-state index in [1.54, 1.807) is 18.0 Å². The first-order valence-corrected chi connectivity index (χ1v) is 5.62. The second-order valence-corrected chi connectivity index (χ2v) is 4.84. The fourth-order valence-electron chi connectivity index (χ4n) is 2.69. The molecule has 0 aromatic carbocycles. The van der Waals surface area contributed by atoms with E-state index in [2.05, 4.69) is 0 Å². The molecule has 0 amide bonds. The molecule has 0 N–H and O–H groups in total. The topological polar surface area (TPSA) is 55.8 Å². The maximum Gasteiger partial charge on any atom is 0.313 e. The number of alkyl halides is 1. The number of hydrogen-bond donors (Lipinski definition) is 0. The Morgan fingerprint density at radius 2 is 1.88 bits per heavy atom. The minimum Gasteiger partial charge on any atom is -0.469 e. The van der Waals surface area contributed by atoms with Crippen molar-refractivity contribution in [2.24, 2.45) is 11.8 Å². The zero-order valence-corrected chi connectivity index (χ0v) is 10.6. The van der Waals surface area contributed by atoms with Crippen molar-refractivity contribution < 1.29 is 19.1 Å². The van der Waals surface area contributed by atoms with E-state index in [0.717, 1.165) is 0 Å². The van der Waals surface area contributed by atoms with Crippen molar-refractivity contribution >= 4 is 23.5 Å². The molecule has 4 unspecified atom stereocenters. The zero-order chi connectivity index (χ0) is 12.8. The number of nitrogens with zero attached hydrogens (tertiary/aromatic N) is 1. The third kappa shape index (κ3) is 1.49. The van der Waals surface area contributed by atoms with Gasteiger partial charge in [-0.05, 0) is 7.05 Å². The summed E-state index contributed by atoms with van der Waals surface area (Å²) in [4.78, 5) is 24.4. The second kappa shape index (κ2) is 3.99. The van der Waals surface area contributed by atoms with Crippen LogP contribution in [0.5, 0.6) is 0 Å². The Kier molecular flexibility index (Phi) is 2.91. The van der Waals surface area contributed by atoms with Crippen LogP contribution in [0.15, 0.2) is 12.2 Å². The van der Waals surface area contributed by atoms with E-state index < -0.39 is 28.8 Å². The van der Waals surface area contributed by atoms with Gasteiger partial charge in [-0.25, -0.2) is 0 Å². The lowest BCUT2D eigenvalue weighted by atomic mass is 9.82. The van der Waals surface area contributed by atoms with Crippen LogP contribution >= 0.6 is 11.6 Å². The quantitative estimate of drug-likeness (QED) is 0.311. The summed E-state index contributed by atoms with van der Waals surface area (Å²) in [6, 6.07) is -0.218. The number of carbonyl (C=O) groups excluding carboxylic acids is 2. The van der Waals surface area contributed by atoms with Crippen molar-refractivity contribution in [3.8, 4) is 0 Å². The third-order valence-electron chi connectivity index (χ3n) is 3.61. The first-order chi connectivity index (χ1) is 7.97. The largest absolute Gasteiger partial charge is 0.469 e. The van der Waals surface area contributed by atoms with Gasteiger partial charge in [0.1, 0.15) is 10.9 Å². The van der Waals surface area contributed by atoms with Gasteiger partial charge < -0.3 is 9.47 Å². The van der Waals surface area contributed by atoms with Gasteiger partial charge in [0.2, 0.25) is 0 Å². The molecule has 5 nitrogen and oxygen atoms in total. The van der Waals surface area contributed by atoms with E-state index >= 15 is 0 Å². The van der Waals surface area contributed by atoms with Crippen molar-refractivity contribution in [1.29, 1.82) is 0 Å². The van der Waals surface area contributed by atoms with E-state index in [-0.39, 0.29) is 6.04 Å². The van der Waals surface area contributed by atoms with Crippen LogP contribution in [-0.4, -0.2) is 49.1 Å². The Morgan fingerprint density at radius 1 is 1.29 bits per heavy atom. The van der Waals surface area contributed by atoms with Gasteiger partial charge in [0.25, 0.3) is 0 Å². The summed E-state index contributed by atoms with van der Waals surface area (Å²) in [5.41, 5.74) is 0. The molecule has 1 fully saturated rings. The normalized spacial score (nSPS) is 39.4. The molecule has 0 saturated carbocycles. The molecule has 0 aromatic rings. The standard InChI is InChI=1S/C11H14ClNO4/c1-13-6-4-5-11(13,12)8(10(15)17-3)7(6)9(14)16-2/h4-8H,1-3H3. The first kappa shape index (κ1) is 12.4. The predicted molar refractivity (Wildman–Crippen MR) is 60.3 cm³/mol. The molecule has 0 aliphatic carbocycles. The molecule has 2 aliphatic rings. The van der Waals surface area contributed by atoms with Crippen LogP contribution in [0.1, 0.15) is 0 Å². The van der Waals surface area contributed by atoms with Crippen molar-refractivity contribution in [3.05, 3.63) is 12.2 Å². The molecule has 2 aliphatic heterocycles. The molecule has 6 heteroatoms. The van der Waals surface area contributed by atoms with Crippen molar-refractivity contribution in [2.75, 3.05) is 21.3 Å². The maximum atomic E-state index is 11.8. The van der Waals surface area contributed by atoms with E-state index in [9.17, 15) is 9.59 Å². The number of hydrogen-bond acceptors (Lipinski definition) is 5. The highest BCUT2D eigenvalue weighted by atomic mass is 35.5. The fourth-order valence-corrected chi connectivity index (χ4v) is 3.10. The van der Waals surface area contributed by atoms with Crippen LogP contribution in [0.3, 0.4) is 0 Å². The molecular weight excluding hydrogens is 246 g/mol. The predicted octanol–water partition coefficient (Wildman–Crippen LogP) is 0.384. The maximum absolute atomic E-state index is 11.8. The van der Waals surface area contributed by atoms with Crippen LogP contribution < -0.4 is 0 Å². The molecular formula is C11H14ClNO4. The minimum atomic E-state index is -0.989. The lowest BCUT2D eigenvalue weighted by Crippen LogP contribution is -2.43. The third-order valence-corrected chi connectivity index (χ3v) is 4.23. The molecule has 2 bridgehead atoms. The van der Waals surface area contributed by atoms with Gasteiger partial charge in [-0.2, -0.15) is 0 Å². The molecule has 2 heterocycles. The number of ether oxygens (including phenoxy) is 2. The monoisotopic (exact) mass is 259 g/mol. The summed E-state index contributed by atoms with van der Waals surface area (Å²) in [5, 5.41) is 0. The molecule has 94 valence electrons. The number of esters is 2. The molecule has 0 radical (unpaired) electrons. The van der Waals surface area contributed by atoms with Crippen LogP contribution in [0, 0.1) is 11.8 Å². The highest BCUT2D eigenvalue weighted by Crippen LogP contribution is 2.51. The highest BCUT2D eigenvalue weighted by Gasteiger charge is 2.64. The SMILES string of the molecule is COC(=O)C1C2C=CC(Cl)(C1C(=O)OC)N2C. The molecule has 0 aromatic heterocycles. The van der Waals surface area contributed by atoms with Crippen molar-refractivity contribution in [1.82, 2.24) is 4.90 Å². The number of rotatable bonds is 2. The van der Waals surface area contributed by atoms with Crippen molar-refractivity contribution in [2.45, 2.75) is 11.0 Å².